The molecule has 2 N–H and O–H groups in total. The number of benzene rings is 2. The van der Waals surface area contributed by atoms with Crippen LogP contribution in [0.15, 0.2) is 60.8 Å². The van der Waals surface area contributed by atoms with Crippen LogP contribution in [-0.2, 0) is 6.42 Å². The van der Waals surface area contributed by atoms with Gasteiger partial charge in [0.05, 0.1) is 23.0 Å². The van der Waals surface area contributed by atoms with Gasteiger partial charge >= 0.3 is 6.18 Å². The number of halogens is 3. The van der Waals surface area contributed by atoms with E-state index in [0.29, 0.717) is 16.5 Å². The zero-order valence-corrected chi connectivity index (χ0v) is 15.1. The SMILES string of the molecule is CC(Cc1ccccc1)(CC(F)(F)F)NC(=O)c1cnc2ccc(O)cc2c1. The third-order valence-corrected chi connectivity index (χ3v) is 4.37. The van der Waals surface area contributed by atoms with E-state index in [1.807, 2.05) is 0 Å². The van der Waals surface area contributed by atoms with Gasteiger partial charge in [-0.25, -0.2) is 0 Å². The van der Waals surface area contributed by atoms with Crippen LogP contribution in [0.1, 0.15) is 29.3 Å². The number of hydrogen-bond donors (Lipinski definition) is 2. The molecule has 3 aromatic rings. The summed E-state index contributed by atoms with van der Waals surface area (Å²) in [5, 5.41) is 12.6. The van der Waals surface area contributed by atoms with E-state index < -0.39 is 24.0 Å². The Balaban J connectivity index is 1.88. The molecule has 0 radical (unpaired) electrons. The molecule has 3 rings (SSSR count). The summed E-state index contributed by atoms with van der Waals surface area (Å²) >= 11 is 0. The molecule has 2 aromatic carbocycles. The number of nitrogens with zero attached hydrogens (tertiary/aromatic N) is 1. The molecule has 0 aliphatic carbocycles. The van der Waals surface area contributed by atoms with Crippen molar-refractivity contribution in [2.24, 2.45) is 0 Å². The van der Waals surface area contributed by atoms with Crippen molar-refractivity contribution in [3.63, 3.8) is 0 Å². The van der Waals surface area contributed by atoms with E-state index in [9.17, 15) is 23.1 Å². The second-order valence-electron chi connectivity index (χ2n) is 7.07. The van der Waals surface area contributed by atoms with E-state index in [2.05, 4.69) is 10.3 Å². The van der Waals surface area contributed by atoms with Crippen molar-refractivity contribution in [3.05, 3.63) is 71.9 Å². The van der Waals surface area contributed by atoms with Crippen molar-refractivity contribution < 1.29 is 23.1 Å². The van der Waals surface area contributed by atoms with Crippen LogP contribution in [0, 0.1) is 0 Å². The van der Waals surface area contributed by atoms with Gasteiger partial charge in [0.25, 0.3) is 5.91 Å². The van der Waals surface area contributed by atoms with E-state index in [1.54, 1.807) is 36.4 Å². The molecule has 0 bridgehead atoms. The summed E-state index contributed by atoms with van der Waals surface area (Å²) < 4.78 is 39.5. The van der Waals surface area contributed by atoms with Gasteiger partial charge in [-0.1, -0.05) is 30.3 Å². The molecule has 0 saturated carbocycles. The number of alkyl halides is 3. The maximum absolute atomic E-state index is 13.2. The van der Waals surface area contributed by atoms with Gasteiger partial charge < -0.3 is 10.4 Å². The average Bonchev–Trinajstić information content (AvgIpc) is 2.59. The molecule has 0 fully saturated rings. The van der Waals surface area contributed by atoms with E-state index in [0.717, 1.165) is 0 Å². The van der Waals surface area contributed by atoms with Crippen LogP contribution in [-0.4, -0.2) is 27.7 Å². The molecule has 1 unspecified atom stereocenters. The first-order valence-electron chi connectivity index (χ1n) is 8.66. The molecule has 0 aliphatic rings. The normalized spacial score (nSPS) is 13.9. The number of hydrogen-bond acceptors (Lipinski definition) is 3. The number of carbonyl (C=O) groups is 1. The van der Waals surface area contributed by atoms with Gasteiger partial charge in [-0.05, 0) is 43.2 Å². The predicted molar refractivity (Wildman–Crippen MR) is 100 cm³/mol. The number of carbonyl (C=O) groups excluding carboxylic acids is 1. The van der Waals surface area contributed by atoms with Gasteiger partial charge in [-0.2, -0.15) is 13.2 Å². The maximum atomic E-state index is 13.2. The summed E-state index contributed by atoms with van der Waals surface area (Å²) in [5.41, 5.74) is -0.142. The van der Waals surface area contributed by atoms with Gasteiger partial charge in [-0.15, -0.1) is 0 Å². The van der Waals surface area contributed by atoms with Crippen molar-refractivity contribution in [2.45, 2.75) is 31.5 Å². The smallest absolute Gasteiger partial charge is 0.391 e. The van der Waals surface area contributed by atoms with Gasteiger partial charge in [0, 0.05) is 11.6 Å². The first-order chi connectivity index (χ1) is 13.1. The zero-order chi connectivity index (χ0) is 20.4. The van der Waals surface area contributed by atoms with Crippen LogP contribution in [0.25, 0.3) is 10.9 Å². The van der Waals surface area contributed by atoms with Gasteiger partial charge in [0.15, 0.2) is 0 Å². The Bertz CT molecular complexity index is 990. The standard InChI is InChI=1S/C21H19F3N2O2/c1-20(13-21(22,23)24,11-14-5-3-2-4-6-14)26-19(28)16-9-15-10-17(27)7-8-18(15)25-12-16/h2-10,12,27H,11,13H2,1H3,(H,26,28). The first-order valence-corrected chi connectivity index (χ1v) is 8.66. The minimum absolute atomic E-state index is 0.0119. The topological polar surface area (TPSA) is 62.2 Å². The Hall–Kier alpha value is -3.09. The molecule has 1 heterocycles. The Morgan fingerprint density at radius 2 is 1.82 bits per heavy atom. The molecule has 1 atom stereocenters. The third kappa shape index (κ3) is 5.00. The van der Waals surface area contributed by atoms with Crippen LogP contribution in [0.2, 0.25) is 0 Å². The minimum atomic E-state index is -4.44. The molecule has 1 aromatic heterocycles. The second-order valence-corrected chi connectivity index (χ2v) is 7.07. The van der Waals surface area contributed by atoms with E-state index in [1.165, 1.54) is 31.3 Å². The van der Waals surface area contributed by atoms with E-state index in [-0.39, 0.29) is 17.7 Å². The summed E-state index contributed by atoms with van der Waals surface area (Å²) in [7, 11) is 0. The summed E-state index contributed by atoms with van der Waals surface area (Å²) in [4.78, 5) is 16.8. The number of amides is 1. The molecule has 0 spiro atoms. The minimum Gasteiger partial charge on any atom is -0.508 e. The highest BCUT2D eigenvalue weighted by Crippen LogP contribution is 2.30. The van der Waals surface area contributed by atoms with Crippen LogP contribution in [0.5, 0.6) is 5.75 Å². The Kier molecular flexibility index (Phi) is 5.27. The monoisotopic (exact) mass is 388 g/mol. The number of phenols is 1. The molecule has 28 heavy (non-hydrogen) atoms. The number of phenolic OH excluding ortho intramolecular Hbond substituents is 1. The summed E-state index contributed by atoms with van der Waals surface area (Å²) in [6, 6.07) is 14.7. The van der Waals surface area contributed by atoms with Gasteiger partial charge in [0.1, 0.15) is 5.75 Å². The number of aromatic hydroxyl groups is 1. The Morgan fingerprint density at radius 3 is 2.50 bits per heavy atom. The van der Waals surface area contributed by atoms with Crippen molar-refractivity contribution >= 4 is 16.8 Å². The number of nitrogens with one attached hydrogen (secondary N) is 1. The van der Waals surface area contributed by atoms with Crippen molar-refractivity contribution in [1.29, 1.82) is 0 Å². The molecular formula is C21H19F3N2O2. The van der Waals surface area contributed by atoms with Crippen molar-refractivity contribution in [3.8, 4) is 5.75 Å². The lowest BCUT2D eigenvalue weighted by Crippen LogP contribution is -2.50. The fourth-order valence-electron chi connectivity index (χ4n) is 3.23. The number of rotatable bonds is 5. The molecule has 146 valence electrons. The molecule has 0 saturated heterocycles. The predicted octanol–water partition coefficient (Wildman–Crippen LogP) is 4.62. The van der Waals surface area contributed by atoms with E-state index in [4.69, 9.17) is 0 Å². The van der Waals surface area contributed by atoms with Crippen molar-refractivity contribution in [1.82, 2.24) is 10.3 Å². The summed E-state index contributed by atoms with van der Waals surface area (Å²) in [6.07, 6.45) is -4.27. The summed E-state index contributed by atoms with van der Waals surface area (Å²) in [6.45, 7) is 1.38. The molecule has 4 nitrogen and oxygen atoms in total. The lowest BCUT2D eigenvalue weighted by molar-refractivity contribution is -0.147. The zero-order valence-electron chi connectivity index (χ0n) is 15.1. The Morgan fingerprint density at radius 1 is 1.11 bits per heavy atom. The number of fused-ring (bicyclic) bond motifs is 1. The highest BCUT2D eigenvalue weighted by atomic mass is 19.4. The largest absolute Gasteiger partial charge is 0.508 e. The lowest BCUT2D eigenvalue weighted by Gasteiger charge is -2.32. The molecular weight excluding hydrogens is 369 g/mol. The number of pyridine rings is 1. The van der Waals surface area contributed by atoms with Gasteiger partial charge in [-0.3, -0.25) is 9.78 Å². The maximum Gasteiger partial charge on any atom is 0.391 e. The summed E-state index contributed by atoms with van der Waals surface area (Å²) in [5.74, 6) is -0.640. The molecule has 1 amide bonds. The highest BCUT2D eigenvalue weighted by Gasteiger charge is 2.40. The fraction of sp³-hybridized carbons (Fsp3) is 0.238. The lowest BCUT2D eigenvalue weighted by atomic mass is 9.88. The van der Waals surface area contributed by atoms with Crippen LogP contribution in [0.4, 0.5) is 13.2 Å². The second kappa shape index (κ2) is 7.50. The quantitative estimate of drug-likeness (QED) is 0.670. The molecule has 0 aliphatic heterocycles. The number of aromatic nitrogens is 1. The Labute approximate surface area is 160 Å². The average molecular weight is 388 g/mol. The highest BCUT2D eigenvalue weighted by molar-refractivity contribution is 5.97. The van der Waals surface area contributed by atoms with Crippen LogP contribution < -0.4 is 5.32 Å². The fourth-order valence-corrected chi connectivity index (χ4v) is 3.23. The van der Waals surface area contributed by atoms with Crippen LogP contribution in [0.3, 0.4) is 0 Å². The van der Waals surface area contributed by atoms with Crippen molar-refractivity contribution in [2.75, 3.05) is 0 Å². The first kappa shape index (κ1) is 19.7. The van der Waals surface area contributed by atoms with Gasteiger partial charge in [0.2, 0.25) is 0 Å². The molecule has 7 heteroatoms. The van der Waals surface area contributed by atoms with Crippen LogP contribution >= 0.6 is 0 Å². The van der Waals surface area contributed by atoms with E-state index >= 15 is 0 Å². The third-order valence-electron chi connectivity index (χ3n) is 4.37.